The lowest BCUT2D eigenvalue weighted by Gasteiger charge is -2.39. The van der Waals surface area contributed by atoms with Crippen molar-refractivity contribution in [1.82, 2.24) is 4.90 Å². The average molecular weight is 241 g/mol. The van der Waals surface area contributed by atoms with Gasteiger partial charge in [0.05, 0.1) is 12.7 Å². The second-order valence-corrected chi connectivity index (χ2v) is 5.50. The Balaban J connectivity index is 0.000000686. The van der Waals surface area contributed by atoms with Crippen LogP contribution >= 0.6 is 0 Å². The summed E-state index contributed by atoms with van der Waals surface area (Å²) in [6.07, 6.45) is 5.89. The first kappa shape index (κ1) is 15.0. The average Bonchev–Trinajstić information content (AvgIpc) is 3.15. The minimum absolute atomic E-state index is 0.480. The van der Waals surface area contributed by atoms with Gasteiger partial charge in [-0.1, -0.05) is 27.7 Å². The second-order valence-electron chi connectivity index (χ2n) is 5.50. The molecule has 0 bridgehead atoms. The van der Waals surface area contributed by atoms with Gasteiger partial charge in [0.1, 0.15) is 0 Å². The summed E-state index contributed by atoms with van der Waals surface area (Å²) in [7, 11) is 0. The molecule has 2 atom stereocenters. The van der Waals surface area contributed by atoms with Crippen molar-refractivity contribution in [2.45, 2.75) is 72.4 Å². The highest BCUT2D eigenvalue weighted by atomic mass is 16.5. The van der Waals surface area contributed by atoms with Crippen LogP contribution in [0.5, 0.6) is 0 Å². The zero-order valence-electron chi connectivity index (χ0n) is 12.5. The Kier molecular flexibility index (Phi) is 5.94. The molecule has 0 spiro atoms. The van der Waals surface area contributed by atoms with Crippen LogP contribution in [0.15, 0.2) is 0 Å². The van der Waals surface area contributed by atoms with Crippen LogP contribution in [-0.2, 0) is 4.74 Å². The van der Waals surface area contributed by atoms with E-state index in [9.17, 15) is 0 Å². The van der Waals surface area contributed by atoms with Crippen LogP contribution in [0.1, 0.15) is 60.3 Å². The third-order valence-electron chi connectivity index (χ3n) is 4.34. The van der Waals surface area contributed by atoms with Crippen molar-refractivity contribution in [1.29, 1.82) is 0 Å². The van der Waals surface area contributed by atoms with Crippen molar-refractivity contribution < 1.29 is 4.74 Å². The minimum atomic E-state index is 0.480. The molecule has 0 aromatic heterocycles. The molecule has 102 valence electrons. The van der Waals surface area contributed by atoms with E-state index in [1.54, 1.807) is 0 Å². The molecule has 2 heteroatoms. The zero-order valence-corrected chi connectivity index (χ0v) is 12.5. The fourth-order valence-corrected chi connectivity index (χ4v) is 2.57. The van der Waals surface area contributed by atoms with Gasteiger partial charge in [-0.3, -0.25) is 4.90 Å². The Morgan fingerprint density at radius 1 is 1.24 bits per heavy atom. The molecule has 0 unspecified atom stereocenters. The molecule has 2 aliphatic rings. The zero-order chi connectivity index (χ0) is 12.9. The van der Waals surface area contributed by atoms with E-state index in [1.165, 1.54) is 25.8 Å². The maximum atomic E-state index is 5.80. The molecule has 0 aromatic rings. The summed E-state index contributed by atoms with van der Waals surface area (Å²) in [5.74, 6) is 0. The largest absolute Gasteiger partial charge is 0.375 e. The molecule has 0 radical (unpaired) electrons. The van der Waals surface area contributed by atoms with Gasteiger partial charge >= 0.3 is 0 Å². The van der Waals surface area contributed by atoms with E-state index >= 15 is 0 Å². The molecule has 0 aromatic carbocycles. The molecule has 2 nitrogen and oxygen atoms in total. The van der Waals surface area contributed by atoms with Gasteiger partial charge in [0.25, 0.3) is 0 Å². The monoisotopic (exact) mass is 241 g/mol. The van der Waals surface area contributed by atoms with Gasteiger partial charge in [0.15, 0.2) is 0 Å². The second kappa shape index (κ2) is 6.75. The quantitative estimate of drug-likeness (QED) is 0.744. The summed E-state index contributed by atoms with van der Waals surface area (Å²) in [6.45, 7) is 14.3. The summed E-state index contributed by atoms with van der Waals surface area (Å²) in [5, 5.41) is 0. The molecule has 17 heavy (non-hydrogen) atoms. The van der Waals surface area contributed by atoms with Crippen LogP contribution in [-0.4, -0.2) is 36.7 Å². The predicted octanol–water partition coefficient (Wildman–Crippen LogP) is 3.70. The number of morpholine rings is 1. The van der Waals surface area contributed by atoms with E-state index in [1.807, 2.05) is 13.8 Å². The van der Waals surface area contributed by atoms with Crippen molar-refractivity contribution in [3.63, 3.8) is 0 Å². The van der Waals surface area contributed by atoms with Crippen molar-refractivity contribution >= 4 is 0 Å². The normalized spacial score (nSPS) is 31.6. The standard InChI is InChI=1S/C13H25NO.C2H6/c1-4-12-8-14(11(3)9-15-12)10-13(5-2)6-7-13;1-2/h11-12H,4-10H2,1-3H3;1-2H3/t11-,12-;/m1./s1. The maximum Gasteiger partial charge on any atom is 0.0700 e. The molecule has 1 aliphatic heterocycles. The van der Waals surface area contributed by atoms with E-state index in [4.69, 9.17) is 4.74 Å². The molecule has 2 fully saturated rings. The maximum absolute atomic E-state index is 5.80. The van der Waals surface area contributed by atoms with E-state index in [2.05, 4.69) is 25.7 Å². The van der Waals surface area contributed by atoms with Crippen LogP contribution in [0.2, 0.25) is 0 Å². The number of hydrogen-bond acceptors (Lipinski definition) is 2. The first-order valence-corrected chi connectivity index (χ1v) is 7.55. The lowest BCUT2D eigenvalue weighted by atomic mass is 10.0. The Morgan fingerprint density at radius 2 is 1.88 bits per heavy atom. The van der Waals surface area contributed by atoms with Crippen molar-refractivity contribution in [3.05, 3.63) is 0 Å². The van der Waals surface area contributed by atoms with Crippen molar-refractivity contribution in [3.8, 4) is 0 Å². The fraction of sp³-hybridized carbons (Fsp3) is 1.00. The highest BCUT2D eigenvalue weighted by Gasteiger charge is 2.43. The molecule has 0 N–H and O–H groups in total. The number of hydrogen-bond donors (Lipinski definition) is 0. The van der Waals surface area contributed by atoms with Crippen LogP contribution in [0.25, 0.3) is 0 Å². The Labute approximate surface area is 108 Å². The molecule has 1 heterocycles. The van der Waals surface area contributed by atoms with E-state index in [0.717, 1.165) is 19.6 Å². The summed E-state index contributed by atoms with van der Waals surface area (Å²) >= 11 is 0. The third kappa shape index (κ3) is 3.96. The topological polar surface area (TPSA) is 12.5 Å². The van der Waals surface area contributed by atoms with Gasteiger partial charge in [-0.25, -0.2) is 0 Å². The third-order valence-corrected chi connectivity index (χ3v) is 4.34. The molecule has 1 saturated heterocycles. The van der Waals surface area contributed by atoms with Gasteiger partial charge in [0, 0.05) is 19.1 Å². The number of nitrogens with zero attached hydrogens (tertiary/aromatic N) is 1. The van der Waals surface area contributed by atoms with Crippen LogP contribution < -0.4 is 0 Å². The fourth-order valence-electron chi connectivity index (χ4n) is 2.57. The number of rotatable bonds is 4. The van der Waals surface area contributed by atoms with Gasteiger partial charge in [-0.2, -0.15) is 0 Å². The predicted molar refractivity (Wildman–Crippen MR) is 74.4 cm³/mol. The SMILES string of the molecule is CC.CC[C@@H]1CN(CC2(CC)CC2)[C@H](C)CO1. The first-order valence-electron chi connectivity index (χ1n) is 7.55. The number of ether oxygens (including phenoxy) is 1. The van der Waals surface area contributed by atoms with Crippen molar-refractivity contribution in [2.24, 2.45) is 5.41 Å². The van der Waals surface area contributed by atoms with E-state index in [-0.39, 0.29) is 0 Å². The highest BCUT2D eigenvalue weighted by molar-refractivity contribution is 4.96. The van der Waals surface area contributed by atoms with E-state index < -0.39 is 0 Å². The minimum Gasteiger partial charge on any atom is -0.375 e. The van der Waals surface area contributed by atoms with Crippen LogP contribution in [0.3, 0.4) is 0 Å². The smallest absolute Gasteiger partial charge is 0.0700 e. The van der Waals surface area contributed by atoms with Gasteiger partial charge in [-0.15, -0.1) is 0 Å². The van der Waals surface area contributed by atoms with E-state index in [0.29, 0.717) is 17.6 Å². The molecule has 0 amide bonds. The Morgan fingerprint density at radius 3 is 2.35 bits per heavy atom. The molecular formula is C15H31NO. The van der Waals surface area contributed by atoms with Crippen LogP contribution in [0.4, 0.5) is 0 Å². The molecule has 1 aliphatic carbocycles. The summed E-state index contributed by atoms with van der Waals surface area (Å²) in [4.78, 5) is 2.66. The molecule has 2 rings (SSSR count). The summed E-state index contributed by atoms with van der Waals surface area (Å²) < 4.78 is 5.80. The Hall–Kier alpha value is -0.0800. The summed E-state index contributed by atoms with van der Waals surface area (Å²) in [6, 6.07) is 0.622. The highest BCUT2D eigenvalue weighted by Crippen LogP contribution is 2.49. The molecular weight excluding hydrogens is 210 g/mol. The first-order chi connectivity index (χ1) is 8.19. The van der Waals surface area contributed by atoms with Crippen LogP contribution in [0, 0.1) is 5.41 Å². The van der Waals surface area contributed by atoms with Gasteiger partial charge < -0.3 is 4.74 Å². The van der Waals surface area contributed by atoms with Crippen molar-refractivity contribution in [2.75, 3.05) is 19.7 Å². The lowest BCUT2D eigenvalue weighted by molar-refractivity contribution is -0.0653. The Bertz CT molecular complexity index is 213. The molecule has 1 saturated carbocycles. The van der Waals surface area contributed by atoms with Gasteiger partial charge in [-0.05, 0) is 38.0 Å². The van der Waals surface area contributed by atoms with Gasteiger partial charge in [0.2, 0.25) is 0 Å². The summed E-state index contributed by atoms with van der Waals surface area (Å²) in [5.41, 5.74) is 0.684. The lowest BCUT2D eigenvalue weighted by Crippen LogP contribution is -2.50.